The van der Waals surface area contributed by atoms with Crippen LogP contribution in [-0.4, -0.2) is 30.6 Å². The van der Waals surface area contributed by atoms with Crippen LogP contribution in [0.5, 0.6) is 0 Å². The fraction of sp³-hybridized carbons (Fsp3) is 0.923. The lowest BCUT2D eigenvalue weighted by Gasteiger charge is -2.28. The van der Waals surface area contributed by atoms with Gasteiger partial charge < -0.3 is 10.2 Å². The fourth-order valence-electron chi connectivity index (χ4n) is 2.58. The minimum atomic E-state index is 0.159. The molecule has 2 aliphatic rings. The van der Waals surface area contributed by atoms with Gasteiger partial charge >= 0.3 is 6.03 Å². The van der Waals surface area contributed by atoms with E-state index >= 15 is 0 Å². The van der Waals surface area contributed by atoms with Crippen molar-refractivity contribution in [2.75, 3.05) is 19.6 Å². The lowest BCUT2D eigenvalue weighted by molar-refractivity contribution is 0.182. The minimum Gasteiger partial charge on any atom is -0.337 e. The van der Waals surface area contributed by atoms with Gasteiger partial charge in [0.1, 0.15) is 0 Å². The molecule has 2 amide bonds. The molecule has 1 saturated heterocycles. The third kappa shape index (κ3) is 2.50. The number of carbonyl (C=O) groups is 1. The number of rotatable bonds is 3. The molecule has 0 aromatic rings. The summed E-state index contributed by atoms with van der Waals surface area (Å²) >= 11 is 0. The molecule has 0 unspecified atom stereocenters. The van der Waals surface area contributed by atoms with E-state index in [0.29, 0.717) is 11.3 Å². The van der Waals surface area contributed by atoms with Gasteiger partial charge in [0.05, 0.1) is 0 Å². The highest BCUT2D eigenvalue weighted by atomic mass is 16.2. The third-order valence-electron chi connectivity index (χ3n) is 4.35. The summed E-state index contributed by atoms with van der Waals surface area (Å²) in [4.78, 5) is 13.9. The van der Waals surface area contributed by atoms with Gasteiger partial charge in [-0.3, -0.25) is 0 Å². The summed E-state index contributed by atoms with van der Waals surface area (Å²) in [6.45, 7) is 7.29. The Morgan fingerprint density at radius 3 is 2.38 bits per heavy atom. The van der Waals surface area contributed by atoms with Crippen molar-refractivity contribution in [3.8, 4) is 0 Å². The first kappa shape index (κ1) is 11.7. The van der Waals surface area contributed by atoms with Crippen molar-refractivity contribution in [1.29, 1.82) is 0 Å². The molecule has 1 heterocycles. The van der Waals surface area contributed by atoms with Crippen LogP contribution < -0.4 is 5.32 Å². The average molecular weight is 224 g/mol. The molecule has 1 saturated carbocycles. The van der Waals surface area contributed by atoms with Crippen LogP contribution in [0.3, 0.4) is 0 Å². The van der Waals surface area contributed by atoms with Gasteiger partial charge in [0, 0.05) is 19.6 Å². The molecule has 16 heavy (non-hydrogen) atoms. The van der Waals surface area contributed by atoms with E-state index < -0.39 is 0 Å². The maximum Gasteiger partial charge on any atom is 0.317 e. The highest BCUT2D eigenvalue weighted by Crippen LogP contribution is 2.51. The summed E-state index contributed by atoms with van der Waals surface area (Å²) in [5.41, 5.74) is 0.422. The molecule has 3 nitrogen and oxygen atoms in total. The van der Waals surface area contributed by atoms with E-state index in [1.807, 2.05) is 4.90 Å². The molecule has 0 spiro atoms. The number of carbonyl (C=O) groups excluding carboxylic acids is 1. The summed E-state index contributed by atoms with van der Waals surface area (Å²) < 4.78 is 0. The zero-order valence-electron chi connectivity index (χ0n) is 10.6. The lowest BCUT2D eigenvalue weighted by atomic mass is 9.92. The van der Waals surface area contributed by atoms with Crippen molar-refractivity contribution in [2.24, 2.45) is 11.3 Å². The summed E-state index contributed by atoms with van der Waals surface area (Å²) in [5, 5.41) is 3.12. The van der Waals surface area contributed by atoms with E-state index in [1.54, 1.807) is 0 Å². The van der Waals surface area contributed by atoms with E-state index in [2.05, 4.69) is 19.2 Å². The van der Waals surface area contributed by atoms with Crippen LogP contribution in [0.1, 0.15) is 46.0 Å². The zero-order chi connectivity index (χ0) is 11.6. The fourth-order valence-corrected chi connectivity index (χ4v) is 2.58. The van der Waals surface area contributed by atoms with Gasteiger partial charge in [-0.05, 0) is 43.4 Å². The van der Waals surface area contributed by atoms with Crippen molar-refractivity contribution in [1.82, 2.24) is 10.2 Å². The van der Waals surface area contributed by atoms with Crippen molar-refractivity contribution < 1.29 is 4.79 Å². The van der Waals surface area contributed by atoms with Crippen LogP contribution in [0, 0.1) is 11.3 Å². The molecule has 92 valence electrons. The maximum absolute atomic E-state index is 11.9. The summed E-state index contributed by atoms with van der Waals surface area (Å²) in [6.07, 6.45) is 6.18. The lowest BCUT2D eigenvalue weighted by Crippen LogP contribution is -2.45. The molecule has 1 aliphatic carbocycles. The summed E-state index contributed by atoms with van der Waals surface area (Å²) in [6, 6.07) is 0.159. The Bertz CT molecular complexity index is 253. The second kappa shape index (κ2) is 4.64. The maximum atomic E-state index is 11.9. The highest BCUT2D eigenvalue weighted by molar-refractivity contribution is 5.74. The van der Waals surface area contributed by atoms with E-state index in [-0.39, 0.29) is 6.03 Å². The van der Waals surface area contributed by atoms with Crippen LogP contribution >= 0.6 is 0 Å². The van der Waals surface area contributed by atoms with Crippen molar-refractivity contribution >= 4 is 6.03 Å². The molecule has 0 bridgehead atoms. The van der Waals surface area contributed by atoms with E-state index in [9.17, 15) is 4.79 Å². The Kier molecular flexibility index (Phi) is 3.41. The molecular formula is C13H24N2O. The molecule has 1 N–H and O–H groups in total. The highest BCUT2D eigenvalue weighted by Gasteiger charge is 2.45. The Hall–Kier alpha value is -0.730. The number of hydrogen-bond acceptors (Lipinski definition) is 1. The topological polar surface area (TPSA) is 32.3 Å². The number of amides is 2. The Morgan fingerprint density at radius 2 is 1.88 bits per heavy atom. The second-order valence-electron chi connectivity index (χ2n) is 5.72. The number of piperidine rings is 1. The Morgan fingerprint density at radius 1 is 1.25 bits per heavy atom. The smallest absolute Gasteiger partial charge is 0.317 e. The van der Waals surface area contributed by atoms with Crippen LogP contribution in [0.4, 0.5) is 4.79 Å². The van der Waals surface area contributed by atoms with Crippen LogP contribution in [0.25, 0.3) is 0 Å². The predicted molar refractivity (Wildman–Crippen MR) is 65.3 cm³/mol. The molecule has 0 aromatic carbocycles. The van der Waals surface area contributed by atoms with Crippen LogP contribution in [-0.2, 0) is 0 Å². The SMILES string of the molecule is CC(C)C1(CNC(=O)N2CCCCC2)CC1. The van der Waals surface area contributed by atoms with Crippen molar-refractivity contribution in [3.63, 3.8) is 0 Å². The normalized spacial score (nSPS) is 23.3. The molecule has 0 aromatic heterocycles. The van der Waals surface area contributed by atoms with Gasteiger partial charge in [-0.15, -0.1) is 0 Å². The number of urea groups is 1. The van der Waals surface area contributed by atoms with Crippen LogP contribution in [0.15, 0.2) is 0 Å². The van der Waals surface area contributed by atoms with Gasteiger partial charge in [0.25, 0.3) is 0 Å². The average Bonchev–Trinajstić information content (AvgIpc) is 3.08. The van der Waals surface area contributed by atoms with Gasteiger partial charge in [0.15, 0.2) is 0 Å². The zero-order valence-corrected chi connectivity index (χ0v) is 10.6. The molecule has 3 heteroatoms. The number of nitrogens with one attached hydrogen (secondary N) is 1. The third-order valence-corrected chi connectivity index (χ3v) is 4.35. The molecule has 0 radical (unpaired) electrons. The molecule has 1 aliphatic heterocycles. The van der Waals surface area contributed by atoms with Gasteiger partial charge in [-0.1, -0.05) is 13.8 Å². The molecule has 2 rings (SSSR count). The molecular weight excluding hydrogens is 200 g/mol. The summed E-state index contributed by atoms with van der Waals surface area (Å²) in [7, 11) is 0. The first-order valence-electron chi connectivity index (χ1n) is 6.67. The quantitative estimate of drug-likeness (QED) is 0.785. The van der Waals surface area contributed by atoms with Crippen molar-refractivity contribution in [3.05, 3.63) is 0 Å². The predicted octanol–water partition coefficient (Wildman–Crippen LogP) is 2.62. The van der Waals surface area contributed by atoms with E-state index in [1.165, 1.54) is 32.1 Å². The molecule has 0 atom stereocenters. The van der Waals surface area contributed by atoms with E-state index in [0.717, 1.165) is 19.6 Å². The number of nitrogens with zero attached hydrogens (tertiary/aromatic N) is 1. The summed E-state index contributed by atoms with van der Waals surface area (Å²) in [5.74, 6) is 0.689. The largest absolute Gasteiger partial charge is 0.337 e. The number of likely N-dealkylation sites (tertiary alicyclic amines) is 1. The van der Waals surface area contributed by atoms with Gasteiger partial charge in [-0.2, -0.15) is 0 Å². The van der Waals surface area contributed by atoms with Gasteiger partial charge in [-0.25, -0.2) is 4.79 Å². The monoisotopic (exact) mass is 224 g/mol. The standard InChI is InChI=1S/C13H24N2O/c1-11(2)13(6-7-13)10-14-12(16)15-8-4-3-5-9-15/h11H,3-10H2,1-2H3,(H,14,16). The minimum absolute atomic E-state index is 0.159. The first-order chi connectivity index (χ1) is 7.64. The Balaban J connectivity index is 1.75. The Labute approximate surface area is 98.6 Å². The van der Waals surface area contributed by atoms with Gasteiger partial charge in [0.2, 0.25) is 0 Å². The number of hydrogen-bond donors (Lipinski definition) is 1. The van der Waals surface area contributed by atoms with Crippen molar-refractivity contribution in [2.45, 2.75) is 46.0 Å². The van der Waals surface area contributed by atoms with Crippen LogP contribution in [0.2, 0.25) is 0 Å². The molecule has 2 fully saturated rings. The van der Waals surface area contributed by atoms with E-state index in [4.69, 9.17) is 0 Å². The first-order valence-corrected chi connectivity index (χ1v) is 6.67. The second-order valence-corrected chi connectivity index (χ2v) is 5.72.